The third-order valence-corrected chi connectivity index (χ3v) is 6.91. The lowest BCUT2D eigenvalue weighted by molar-refractivity contribution is -0.379. The summed E-state index contributed by atoms with van der Waals surface area (Å²) in [7, 11) is 0. The summed E-state index contributed by atoms with van der Waals surface area (Å²) in [4.78, 5) is 0. The molecule has 6 atom stereocenters. The van der Waals surface area contributed by atoms with Crippen LogP contribution in [-0.4, -0.2) is 65.3 Å². The maximum atomic E-state index is 12.0. The fourth-order valence-electron chi connectivity index (χ4n) is 5.15. The number of benzene rings is 2. The first-order chi connectivity index (χ1) is 15.1. The quantitative estimate of drug-likeness (QED) is 0.344. The van der Waals surface area contributed by atoms with E-state index in [-0.39, 0.29) is 25.7 Å². The van der Waals surface area contributed by atoms with Crippen molar-refractivity contribution in [3.05, 3.63) is 97.1 Å². The zero-order valence-electron chi connectivity index (χ0n) is 18.0. The van der Waals surface area contributed by atoms with E-state index < -0.39 is 34.6 Å². The maximum absolute atomic E-state index is 12.0. The zero-order chi connectivity index (χ0) is 23.6. The molecule has 32 heavy (non-hydrogen) atoms. The molecule has 0 aliphatic heterocycles. The SMILES string of the molecule is C=CC[C@@]1(O)[C@](O)(CC=C)[C@@](O)(Cc2ccccc2)[C@@H](O)[C@@H](O)[C@]1(O)Cc1ccccc1. The van der Waals surface area contributed by atoms with Crippen molar-refractivity contribution in [2.24, 2.45) is 0 Å². The number of aliphatic hydroxyl groups excluding tert-OH is 2. The van der Waals surface area contributed by atoms with Gasteiger partial charge in [0.25, 0.3) is 0 Å². The van der Waals surface area contributed by atoms with Gasteiger partial charge in [-0.05, 0) is 24.0 Å². The van der Waals surface area contributed by atoms with E-state index in [4.69, 9.17) is 0 Å². The Morgan fingerprint density at radius 3 is 1.22 bits per heavy atom. The largest absolute Gasteiger partial charge is 0.387 e. The van der Waals surface area contributed by atoms with Crippen LogP contribution in [0.25, 0.3) is 0 Å². The van der Waals surface area contributed by atoms with Gasteiger partial charge in [-0.25, -0.2) is 0 Å². The molecule has 1 aliphatic carbocycles. The molecule has 0 saturated heterocycles. The molecule has 6 heteroatoms. The van der Waals surface area contributed by atoms with E-state index in [2.05, 4.69) is 13.2 Å². The fraction of sp³-hybridized carbons (Fsp3) is 0.385. The molecule has 0 radical (unpaired) electrons. The molecule has 2 aromatic rings. The predicted molar refractivity (Wildman–Crippen MR) is 122 cm³/mol. The first-order valence-corrected chi connectivity index (χ1v) is 10.6. The first-order valence-electron chi connectivity index (χ1n) is 10.6. The average Bonchev–Trinajstić information content (AvgIpc) is 2.78. The summed E-state index contributed by atoms with van der Waals surface area (Å²) in [6.45, 7) is 7.28. The van der Waals surface area contributed by atoms with E-state index in [0.717, 1.165) is 0 Å². The lowest BCUT2D eigenvalue weighted by atomic mass is 9.49. The molecular formula is C26H32O6. The number of hydrogen-bond acceptors (Lipinski definition) is 6. The van der Waals surface area contributed by atoms with Crippen molar-refractivity contribution in [1.29, 1.82) is 0 Å². The molecule has 0 bridgehead atoms. The van der Waals surface area contributed by atoms with E-state index in [0.29, 0.717) is 11.1 Å². The van der Waals surface area contributed by atoms with Crippen LogP contribution in [0.2, 0.25) is 0 Å². The van der Waals surface area contributed by atoms with Gasteiger partial charge in [0.05, 0.1) is 0 Å². The van der Waals surface area contributed by atoms with Crippen LogP contribution < -0.4 is 0 Å². The van der Waals surface area contributed by atoms with Gasteiger partial charge in [-0.15, -0.1) is 13.2 Å². The van der Waals surface area contributed by atoms with Crippen molar-refractivity contribution in [2.45, 2.75) is 60.3 Å². The van der Waals surface area contributed by atoms with E-state index in [1.54, 1.807) is 60.7 Å². The fourth-order valence-corrected chi connectivity index (χ4v) is 5.15. The van der Waals surface area contributed by atoms with Crippen LogP contribution in [0.15, 0.2) is 86.0 Å². The second-order valence-electron chi connectivity index (χ2n) is 8.77. The number of aliphatic hydroxyl groups is 6. The maximum Gasteiger partial charge on any atom is 0.131 e. The first kappa shape index (κ1) is 24.3. The van der Waals surface area contributed by atoms with Crippen molar-refractivity contribution >= 4 is 0 Å². The molecular weight excluding hydrogens is 408 g/mol. The van der Waals surface area contributed by atoms with Crippen LogP contribution in [0.3, 0.4) is 0 Å². The van der Waals surface area contributed by atoms with Gasteiger partial charge in [0.15, 0.2) is 0 Å². The summed E-state index contributed by atoms with van der Waals surface area (Å²) in [5.74, 6) is 0. The highest BCUT2D eigenvalue weighted by atomic mass is 16.5. The minimum absolute atomic E-state index is 0.280. The van der Waals surface area contributed by atoms with Crippen molar-refractivity contribution in [3.63, 3.8) is 0 Å². The van der Waals surface area contributed by atoms with Gasteiger partial charge in [0.2, 0.25) is 0 Å². The number of hydrogen-bond donors (Lipinski definition) is 6. The highest BCUT2D eigenvalue weighted by molar-refractivity contribution is 5.35. The van der Waals surface area contributed by atoms with Crippen molar-refractivity contribution in [2.75, 3.05) is 0 Å². The lowest BCUT2D eigenvalue weighted by Gasteiger charge is -2.65. The second-order valence-corrected chi connectivity index (χ2v) is 8.77. The molecule has 0 heterocycles. The van der Waals surface area contributed by atoms with Crippen LogP contribution in [-0.2, 0) is 12.8 Å². The van der Waals surface area contributed by atoms with Gasteiger partial charge in [0, 0.05) is 12.8 Å². The van der Waals surface area contributed by atoms with Gasteiger partial charge >= 0.3 is 0 Å². The van der Waals surface area contributed by atoms with Crippen LogP contribution >= 0.6 is 0 Å². The van der Waals surface area contributed by atoms with Crippen LogP contribution in [0, 0.1) is 0 Å². The van der Waals surface area contributed by atoms with Gasteiger partial charge in [-0.3, -0.25) is 0 Å². The van der Waals surface area contributed by atoms with Gasteiger partial charge < -0.3 is 30.6 Å². The predicted octanol–water partition coefficient (Wildman–Crippen LogP) is 1.28. The van der Waals surface area contributed by atoms with Crippen molar-refractivity contribution in [3.8, 4) is 0 Å². The summed E-state index contributed by atoms with van der Waals surface area (Å²) in [5.41, 5.74) is -8.65. The molecule has 2 aromatic carbocycles. The lowest BCUT2D eigenvalue weighted by Crippen LogP contribution is -2.88. The molecule has 1 aliphatic rings. The molecule has 0 aromatic heterocycles. The molecule has 3 rings (SSSR count). The molecule has 0 unspecified atom stereocenters. The second kappa shape index (κ2) is 8.90. The molecule has 172 valence electrons. The summed E-state index contributed by atoms with van der Waals surface area (Å²) in [6.07, 6.45) is -2.63. The average molecular weight is 441 g/mol. The highest BCUT2D eigenvalue weighted by Gasteiger charge is 2.77. The Hall–Kier alpha value is -2.32. The summed E-state index contributed by atoms with van der Waals surface area (Å²) in [5, 5.41) is 69.7. The Balaban J connectivity index is 2.22. The Bertz CT molecular complexity index is 856. The Labute approximate surface area is 188 Å². The van der Waals surface area contributed by atoms with Gasteiger partial charge in [0.1, 0.15) is 34.6 Å². The third-order valence-electron chi connectivity index (χ3n) is 6.91. The van der Waals surface area contributed by atoms with E-state index >= 15 is 0 Å². The molecule has 0 amide bonds. The zero-order valence-corrected chi connectivity index (χ0v) is 18.0. The minimum Gasteiger partial charge on any atom is -0.387 e. The number of rotatable bonds is 8. The van der Waals surface area contributed by atoms with Crippen molar-refractivity contribution < 1.29 is 30.6 Å². The van der Waals surface area contributed by atoms with Crippen LogP contribution in [0.4, 0.5) is 0 Å². The Morgan fingerprint density at radius 2 is 0.938 bits per heavy atom. The molecule has 1 fully saturated rings. The molecule has 1 saturated carbocycles. The van der Waals surface area contributed by atoms with E-state index in [1.807, 2.05) is 0 Å². The third kappa shape index (κ3) is 3.53. The Morgan fingerprint density at radius 1 is 0.625 bits per heavy atom. The topological polar surface area (TPSA) is 121 Å². The smallest absolute Gasteiger partial charge is 0.131 e. The normalized spacial score (nSPS) is 37.1. The Kier molecular flexibility index (Phi) is 6.77. The minimum atomic E-state index is -2.48. The monoisotopic (exact) mass is 440 g/mol. The molecule has 0 spiro atoms. The standard InChI is InChI=1S/C26H32O6/c1-3-15-25(31)23(29,17-19-11-7-5-8-12-19)21(27)22(28)24(30,26(25,32)16-4-2)18-20-13-9-6-10-14-20/h3-14,21-22,27-32H,1-2,15-18H2/t21-,22+,23-,24-,25+,26+/m1/s1. The summed E-state index contributed by atoms with van der Waals surface area (Å²) in [6, 6.07) is 17.3. The van der Waals surface area contributed by atoms with E-state index in [1.165, 1.54) is 12.2 Å². The van der Waals surface area contributed by atoms with Gasteiger partial charge in [-0.2, -0.15) is 0 Å². The summed E-state index contributed by atoms with van der Waals surface area (Å²) < 4.78 is 0. The van der Waals surface area contributed by atoms with Gasteiger partial charge in [-0.1, -0.05) is 72.8 Å². The van der Waals surface area contributed by atoms with Crippen molar-refractivity contribution in [1.82, 2.24) is 0 Å². The van der Waals surface area contributed by atoms with E-state index in [9.17, 15) is 30.6 Å². The van der Waals surface area contributed by atoms with Crippen LogP contribution in [0.1, 0.15) is 24.0 Å². The molecule has 6 nitrogen and oxygen atoms in total. The summed E-state index contributed by atoms with van der Waals surface area (Å²) >= 11 is 0. The molecule has 6 N–H and O–H groups in total. The highest BCUT2D eigenvalue weighted by Crippen LogP contribution is 2.55. The van der Waals surface area contributed by atoms with Crippen LogP contribution in [0.5, 0.6) is 0 Å².